The molecule has 4 heteroatoms. The van der Waals surface area contributed by atoms with E-state index in [-0.39, 0.29) is 12.4 Å². The molecule has 17 heavy (non-hydrogen) atoms. The fourth-order valence-corrected chi connectivity index (χ4v) is 1.34. The molecule has 1 aromatic carbocycles. The minimum Gasteiger partial charge on any atom is -0.497 e. The Kier molecular flexibility index (Phi) is 5.17. The van der Waals surface area contributed by atoms with Crippen LogP contribution in [0.3, 0.4) is 0 Å². The number of hydrogen-bond donors (Lipinski definition) is 0. The minimum absolute atomic E-state index is 0. The van der Waals surface area contributed by atoms with Crippen LogP contribution in [0.5, 0.6) is 5.75 Å². The lowest BCUT2D eigenvalue weighted by Gasteiger charge is -1.99. The molecule has 2 rings (SSSR count). The van der Waals surface area contributed by atoms with Crippen molar-refractivity contribution in [3.63, 3.8) is 0 Å². The highest BCUT2D eigenvalue weighted by Crippen LogP contribution is 2.14. The Morgan fingerprint density at radius 1 is 1.06 bits per heavy atom. The van der Waals surface area contributed by atoms with Crippen LogP contribution in [0.1, 0.15) is 11.1 Å². The molecule has 0 saturated heterocycles. The van der Waals surface area contributed by atoms with Crippen molar-refractivity contribution in [1.29, 1.82) is 0 Å². The van der Waals surface area contributed by atoms with Crippen molar-refractivity contribution in [3.05, 3.63) is 53.9 Å². The molecule has 3 nitrogen and oxygen atoms in total. The highest BCUT2D eigenvalue weighted by atomic mass is 35.5. The maximum Gasteiger partial charge on any atom is 0.119 e. The number of halogens is 1. The molecule has 1 aromatic heterocycles. The zero-order chi connectivity index (χ0) is 11.2. The van der Waals surface area contributed by atoms with Crippen LogP contribution >= 0.6 is 12.4 Å². The van der Waals surface area contributed by atoms with Gasteiger partial charge in [0.2, 0.25) is 0 Å². The summed E-state index contributed by atoms with van der Waals surface area (Å²) in [5.74, 6) is 0.856. The summed E-state index contributed by atoms with van der Waals surface area (Å²) in [5, 5.41) is 7.53. The number of benzene rings is 1. The van der Waals surface area contributed by atoms with Crippen molar-refractivity contribution < 1.29 is 4.74 Å². The van der Waals surface area contributed by atoms with E-state index in [0.717, 1.165) is 16.9 Å². The standard InChI is InChI=1S/C13H12N2O.ClH/c1-16-13-4-2-3-11(9-13)5-6-12-7-8-14-15-10-12;/h2-10H,1H3;1H/b6-5+;. The first kappa shape index (κ1) is 13.2. The molecule has 1 heterocycles. The zero-order valence-corrected chi connectivity index (χ0v) is 10.2. The minimum atomic E-state index is 0. The Hall–Kier alpha value is -1.87. The average Bonchev–Trinajstić information content (AvgIpc) is 2.38. The molecule has 88 valence electrons. The van der Waals surface area contributed by atoms with Gasteiger partial charge in [-0.3, -0.25) is 0 Å². The van der Waals surface area contributed by atoms with Crippen molar-refractivity contribution in [2.45, 2.75) is 0 Å². The second-order valence-corrected chi connectivity index (χ2v) is 3.29. The molecule has 0 aliphatic carbocycles. The van der Waals surface area contributed by atoms with Crippen LogP contribution in [0.15, 0.2) is 42.7 Å². The molecule has 0 N–H and O–H groups in total. The number of nitrogens with zero attached hydrogens (tertiary/aromatic N) is 2. The van der Waals surface area contributed by atoms with Gasteiger partial charge >= 0.3 is 0 Å². The van der Waals surface area contributed by atoms with Crippen LogP contribution < -0.4 is 4.74 Å². The van der Waals surface area contributed by atoms with E-state index >= 15 is 0 Å². The fraction of sp³-hybridized carbons (Fsp3) is 0.0769. The first-order chi connectivity index (χ1) is 7.88. The Morgan fingerprint density at radius 3 is 2.59 bits per heavy atom. The summed E-state index contributed by atoms with van der Waals surface area (Å²) in [6.07, 6.45) is 7.39. The van der Waals surface area contributed by atoms with Gasteiger partial charge in [0.05, 0.1) is 19.5 Å². The van der Waals surface area contributed by atoms with Crippen molar-refractivity contribution >= 4 is 24.6 Å². The second kappa shape index (κ2) is 6.66. The summed E-state index contributed by atoms with van der Waals surface area (Å²) in [4.78, 5) is 0. The largest absolute Gasteiger partial charge is 0.497 e. The molecule has 0 spiro atoms. The van der Waals surface area contributed by atoms with Gasteiger partial charge in [-0.1, -0.05) is 24.3 Å². The molecule has 0 fully saturated rings. The lowest BCUT2D eigenvalue weighted by Crippen LogP contribution is -1.82. The Balaban J connectivity index is 0.00000144. The lowest BCUT2D eigenvalue weighted by atomic mass is 10.1. The van der Waals surface area contributed by atoms with E-state index in [1.807, 2.05) is 42.5 Å². The number of methoxy groups -OCH3 is 1. The smallest absolute Gasteiger partial charge is 0.119 e. The van der Waals surface area contributed by atoms with Crippen molar-refractivity contribution in [2.24, 2.45) is 0 Å². The molecule has 0 aliphatic rings. The number of aromatic nitrogens is 2. The van der Waals surface area contributed by atoms with Gasteiger partial charge in [-0.2, -0.15) is 10.2 Å². The average molecular weight is 249 g/mol. The first-order valence-electron chi connectivity index (χ1n) is 4.97. The zero-order valence-electron chi connectivity index (χ0n) is 9.41. The monoisotopic (exact) mass is 248 g/mol. The highest BCUT2D eigenvalue weighted by molar-refractivity contribution is 5.85. The number of ether oxygens (including phenoxy) is 1. The van der Waals surface area contributed by atoms with Crippen LogP contribution in [-0.4, -0.2) is 17.3 Å². The Morgan fingerprint density at radius 2 is 1.88 bits per heavy atom. The predicted octanol–water partition coefficient (Wildman–Crippen LogP) is 3.08. The normalized spacial score (nSPS) is 9.94. The third-order valence-electron chi connectivity index (χ3n) is 2.17. The van der Waals surface area contributed by atoms with E-state index in [0.29, 0.717) is 0 Å². The second-order valence-electron chi connectivity index (χ2n) is 3.29. The van der Waals surface area contributed by atoms with E-state index in [4.69, 9.17) is 4.74 Å². The Bertz CT molecular complexity index is 486. The molecule has 0 amide bonds. The fourth-order valence-electron chi connectivity index (χ4n) is 1.34. The van der Waals surface area contributed by atoms with Gasteiger partial charge in [-0.25, -0.2) is 0 Å². The van der Waals surface area contributed by atoms with E-state index < -0.39 is 0 Å². The summed E-state index contributed by atoms with van der Waals surface area (Å²) < 4.78 is 5.15. The molecular formula is C13H13ClN2O. The maximum absolute atomic E-state index is 5.15. The predicted molar refractivity (Wildman–Crippen MR) is 71.2 cm³/mol. The van der Waals surface area contributed by atoms with E-state index in [1.54, 1.807) is 19.5 Å². The van der Waals surface area contributed by atoms with Crippen LogP contribution in [0.4, 0.5) is 0 Å². The third-order valence-corrected chi connectivity index (χ3v) is 2.17. The van der Waals surface area contributed by atoms with Gasteiger partial charge in [-0.05, 0) is 29.3 Å². The summed E-state index contributed by atoms with van der Waals surface area (Å²) >= 11 is 0. The van der Waals surface area contributed by atoms with E-state index in [2.05, 4.69) is 10.2 Å². The summed E-state index contributed by atoms with van der Waals surface area (Å²) in [6.45, 7) is 0. The van der Waals surface area contributed by atoms with Crippen LogP contribution in [0, 0.1) is 0 Å². The Labute approximate surface area is 107 Å². The van der Waals surface area contributed by atoms with Gasteiger partial charge in [0, 0.05) is 0 Å². The van der Waals surface area contributed by atoms with E-state index in [1.165, 1.54) is 0 Å². The molecule has 2 aromatic rings. The van der Waals surface area contributed by atoms with Gasteiger partial charge in [0.15, 0.2) is 0 Å². The van der Waals surface area contributed by atoms with Crippen LogP contribution in [-0.2, 0) is 0 Å². The van der Waals surface area contributed by atoms with Crippen molar-refractivity contribution in [3.8, 4) is 5.75 Å². The molecule has 0 radical (unpaired) electrons. The quantitative estimate of drug-likeness (QED) is 0.837. The van der Waals surface area contributed by atoms with Crippen molar-refractivity contribution in [2.75, 3.05) is 7.11 Å². The molecule has 0 bridgehead atoms. The van der Waals surface area contributed by atoms with E-state index in [9.17, 15) is 0 Å². The van der Waals surface area contributed by atoms with Gasteiger partial charge in [0.1, 0.15) is 5.75 Å². The number of rotatable bonds is 3. The summed E-state index contributed by atoms with van der Waals surface area (Å²) in [6, 6.07) is 9.79. The lowest BCUT2D eigenvalue weighted by molar-refractivity contribution is 0.414. The first-order valence-corrected chi connectivity index (χ1v) is 4.97. The summed E-state index contributed by atoms with van der Waals surface area (Å²) in [5.41, 5.74) is 2.12. The van der Waals surface area contributed by atoms with Gasteiger partial charge in [-0.15, -0.1) is 12.4 Å². The van der Waals surface area contributed by atoms with Gasteiger partial charge in [0.25, 0.3) is 0 Å². The van der Waals surface area contributed by atoms with Crippen molar-refractivity contribution in [1.82, 2.24) is 10.2 Å². The summed E-state index contributed by atoms with van der Waals surface area (Å²) in [7, 11) is 1.66. The van der Waals surface area contributed by atoms with Crippen LogP contribution in [0.25, 0.3) is 12.2 Å². The topological polar surface area (TPSA) is 35.0 Å². The highest BCUT2D eigenvalue weighted by Gasteiger charge is 1.91. The third kappa shape index (κ3) is 3.89. The van der Waals surface area contributed by atoms with Gasteiger partial charge < -0.3 is 4.74 Å². The molecular weight excluding hydrogens is 236 g/mol. The molecule has 0 atom stereocenters. The molecule has 0 unspecified atom stereocenters. The SMILES string of the molecule is COc1cccc(/C=C/c2ccnnc2)c1.Cl. The molecule has 0 saturated carbocycles. The number of hydrogen-bond acceptors (Lipinski definition) is 3. The molecule has 0 aliphatic heterocycles. The maximum atomic E-state index is 5.15. The van der Waals surface area contributed by atoms with Crippen LogP contribution in [0.2, 0.25) is 0 Å².